The summed E-state index contributed by atoms with van der Waals surface area (Å²) >= 11 is 0. The van der Waals surface area contributed by atoms with Crippen LogP contribution >= 0.6 is 0 Å². The van der Waals surface area contributed by atoms with Gasteiger partial charge in [-0.2, -0.15) is 0 Å². The van der Waals surface area contributed by atoms with Gasteiger partial charge in [0, 0.05) is 19.3 Å². The Morgan fingerprint density at radius 1 is 0.266 bits per heavy atom. The summed E-state index contributed by atoms with van der Waals surface area (Å²) in [5.74, 6) is -0.906. The van der Waals surface area contributed by atoms with Crippen molar-refractivity contribution >= 4 is 17.9 Å². The summed E-state index contributed by atoms with van der Waals surface area (Å²) < 4.78 is 17.0. The van der Waals surface area contributed by atoms with Crippen LogP contribution in [0.3, 0.4) is 0 Å². The molecule has 458 valence electrons. The Bertz CT molecular complexity index is 1450. The standard InChI is InChI=1S/C73H130O6/c1-4-7-10-13-16-19-22-25-28-31-34-36-39-42-45-48-51-54-57-60-63-66-72(75)78-69-70(68-77-71(74)65-62-59-56-53-50-47-44-41-38-33-30-27-24-21-18-15-12-9-6-3)79-73(76)67-64-61-58-55-52-49-46-43-40-37-35-32-29-26-23-20-17-14-11-8-5-2/h7,10,16,19,25,28,34,36,42,45,51,54,70H,4-6,8-9,11-15,17-18,20-24,26-27,29-33,35,37-41,43-44,46-50,52-53,55-69H2,1-3H3/b10-7-,19-16-,28-25-,36-34-,45-42-,54-51-. The van der Waals surface area contributed by atoms with Crippen molar-refractivity contribution in [1.82, 2.24) is 0 Å². The molecule has 0 amide bonds. The fourth-order valence-corrected chi connectivity index (χ4v) is 10.1. The molecule has 0 aromatic carbocycles. The zero-order chi connectivity index (χ0) is 57.1. The van der Waals surface area contributed by atoms with E-state index in [0.717, 1.165) is 96.3 Å². The second-order valence-corrected chi connectivity index (χ2v) is 23.1. The van der Waals surface area contributed by atoms with Crippen molar-refractivity contribution < 1.29 is 28.6 Å². The number of carbonyl (C=O) groups is 3. The number of rotatable bonds is 63. The van der Waals surface area contributed by atoms with Crippen LogP contribution in [0.5, 0.6) is 0 Å². The summed E-state index contributed by atoms with van der Waals surface area (Å²) in [7, 11) is 0. The Balaban J connectivity index is 4.41. The van der Waals surface area contributed by atoms with E-state index in [9.17, 15) is 14.4 Å². The highest BCUT2D eigenvalue weighted by Gasteiger charge is 2.19. The average molecular weight is 1100 g/mol. The Kier molecular flexibility index (Phi) is 64.7. The van der Waals surface area contributed by atoms with E-state index in [1.54, 1.807) is 0 Å². The molecule has 0 saturated heterocycles. The van der Waals surface area contributed by atoms with Gasteiger partial charge in [0.15, 0.2) is 6.10 Å². The van der Waals surface area contributed by atoms with E-state index in [0.29, 0.717) is 19.3 Å². The SMILES string of the molecule is CC/C=C\C/C=C\C/C=C\C/C=C\C/C=C\C/C=C\CCCCC(=O)OCC(COC(=O)CCCCCCCCCCCCCCCCCCCCC)OC(=O)CCCCCCCCCCCCCCCCCCCCCCC. The Labute approximate surface area is 491 Å². The van der Waals surface area contributed by atoms with Gasteiger partial charge in [0.2, 0.25) is 0 Å². The monoisotopic (exact) mass is 1100 g/mol. The molecular weight excluding hydrogens is 973 g/mol. The molecule has 0 rings (SSSR count). The third kappa shape index (κ3) is 65.5. The second-order valence-electron chi connectivity index (χ2n) is 23.1. The first kappa shape index (κ1) is 75.8. The minimum absolute atomic E-state index is 0.0844. The van der Waals surface area contributed by atoms with Gasteiger partial charge in [-0.25, -0.2) is 0 Å². The summed E-state index contributed by atoms with van der Waals surface area (Å²) in [5, 5.41) is 0. The molecule has 0 N–H and O–H groups in total. The Hall–Kier alpha value is -3.15. The van der Waals surface area contributed by atoms with Crippen molar-refractivity contribution in [3.63, 3.8) is 0 Å². The molecule has 0 aromatic rings. The molecule has 0 aliphatic carbocycles. The minimum atomic E-state index is -0.792. The van der Waals surface area contributed by atoms with Crippen molar-refractivity contribution in [3.05, 3.63) is 72.9 Å². The molecule has 0 saturated carbocycles. The van der Waals surface area contributed by atoms with E-state index in [1.807, 2.05) is 0 Å². The maximum absolute atomic E-state index is 13.0. The van der Waals surface area contributed by atoms with Gasteiger partial charge in [-0.1, -0.05) is 338 Å². The lowest BCUT2D eigenvalue weighted by Crippen LogP contribution is -2.30. The van der Waals surface area contributed by atoms with Crippen LogP contribution in [-0.2, 0) is 28.6 Å². The van der Waals surface area contributed by atoms with Gasteiger partial charge in [-0.15, -0.1) is 0 Å². The molecule has 6 heteroatoms. The predicted molar refractivity (Wildman–Crippen MR) is 344 cm³/mol. The Morgan fingerprint density at radius 2 is 0.494 bits per heavy atom. The summed E-state index contributed by atoms with van der Waals surface area (Å²) in [6, 6.07) is 0. The summed E-state index contributed by atoms with van der Waals surface area (Å²) in [6.45, 7) is 6.56. The molecule has 1 atom stereocenters. The number of hydrogen-bond donors (Lipinski definition) is 0. The van der Waals surface area contributed by atoms with Crippen LogP contribution in [0.15, 0.2) is 72.9 Å². The molecule has 6 nitrogen and oxygen atoms in total. The molecular formula is C73H130O6. The molecule has 0 bridgehead atoms. The van der Waals surface area contributed by atoms with Crippen molar-refractivity contribution in [2.24, 2.45) is 0 Å². The number of carbonyl (C=O) groups excluding carboxylic acids is 3. The first-order chi connectivity index (χ1) is 39.0. The van der Waals surface area contributed by atoms with E-state index in [1.165, 1.54) is 218 Å². The number of ether oxygens (including phenoxy) is 3. The van der Waals surface area contributed by atoms with Crippen molar-refractivity contribution in [2.45, 2.75) is 361 Å². The zero-order valence-electron chi connectivity index (χ0n) is 52.6. The van der Waals surface area contributed by atoms with E-state index in [4.69, 9.17) is 14.2 Å². The van der Waals surface area contributed by atoms with Gasteiger partial charge in [-0.05, 0) is 70.6 Å². The summed E-state index contributed by atoms with van der Waals surface area (Å²) in [5.41, 5.74) is 0. The van der Waals surface area contributed by atoms with Gasteiger partial charge < -0.3 is 14.2 Å². The molecule has 0 aliphatic heterocycles. The van der Waals surface area contributed by atoms with Crippen molar-refractivity contribution in [1.29, 1.82) is 0 Å². The maximum Gasteiger partial charge on any atom is 0.306 e. The van der Waals surface area contributed by atoms with Crippen molar-refractivity contribution in [2.75, 3.05) is 13.2 Å². The van der Waals surface area contributed by atoms with Crippen LogP contribution in [0.1, 0.15) is 355 Å². The van der Waals surface area contributed by atoms with E-state index < -0.39 is 6.10 Å². The fourth-order valence-electron chi connectivity index (χ4n) is 10.1. The maximum atomic E-state index is 13.0. The lowest BCUT2D eigenvalue weighted by Gasteiger charge is -2.18. The smallest absolute Gasteiger partial charge is 0.306 e. The van der Waals surface area contributed by atoms with Crippen LogP contribution < -0.4 is 0 Å². The number of allylic oxidation sites excluding steroid dienone is 12. The first-order valence-corrected chi connectivity index (χ1v) is 34.4. The topological polar surface area (TPSA) is 78.9 Å². The highest BCUT2D eigenvalue weighted by molar-refractivity contribution is 5.71. The highest BCUT2D eigenvalue weighted by Crippen LogP contribution is 2.18. The molecule has 0 fully saturated rings. The van der Waals surface area contributed by atoms with Gasteiger partial charge in [0.1, 0.15) is 13.2 Å². The number of hydrogen-bond acceptors (Lipinski definition) is 6. The second kappa shape index (κ2) is 67.4. The van der Waals surface area contributed by atoms with E-state index >= 15 is 0 Å². The van der Waals surface area contributed by atoms with E-state index in [-0.39, 0.29) is 31.1 Å². The van der Waals surface area contributed by atoms with Gasteiger partial charge in [0.05, 0.1) is 0 Å². The molecule has 0 heterocycles. The fraction of sp³-hybridized carbons (Fsp3) is 0.795. The minimum Gasteiger partial charge on any atom is -0.462 e. The lowest BCUT2D eigenvalue weighted by atomic mass is 10.0. The summed E-state index contributed by atoms with van der Waals surface area (Å²) in [6.07, 6.45) is 87.8. The van der Waals surface area contributed by atoms with Crippen LogP contribution in [0, 0.1) is 0 Å². The van der Waals surface area contributed by atoms with Gasteiger partial charge >= 0.3 is 17.9 Å². The molecule has 0 radical (unpaired) electrons. The molecule has 1 unspecified atom stereocenters. The zero-order valence-corrected chi connectivity index (χ0v) is 52.6. The van der Waals surface area contributed by atoms with Crippen molar-refractivity contribution in [3.8, 4) is 0 Å². The molecule has 79 heavy (non-hydrogen) atoms. The van der Waals surface area contributed by atoms with Gasteiger partial charge in [0.25, 0.3) is 0 Å². The van der Waals surface area contributed by atoms with Crippen LogP contribution in [0.2, 0.25) is 0 Å². The lowest BCUT2D eigenvalue weighted by molar-refractivity contribution is -0.167. The third-order valence-electron chi connectivity index (χ3n) is 15.2. The van der Waals surface area contributed by atoms with E-state index in [2.05, 4.69) is 93.7 Å². The predicted octanol–water partition coefficient (Wildman–Crippen LogP) is 23.7. The van der Waals surface area contributed by atoms with Gasteiger partial charge in [-0.3, -0.25) is 14.4 Å². The number of unbranched alkanes of at least 4 members (excludes halogenated alkanes) is 40. The van der Waals surface area contributed by atoms with Crippen LogP contribution in [-0.4, -0.2) is 37.2 Å². The summed E-state index contributed by atoms with van der Waals surface area (Å²) in [4.78, 5) is 38.4. The molecule has 0 spiro atoms. The first-order valence-electron chi connectivity index (χ1n) is 34.4. The van der Waals surface area contributed by atoms with Crippen LogP contribution in [0.25, 0.3) is 0 Å². The molecule has 0 aliphatic rings. The van der Waals surface area contributed by atoms with Crippen LogP contribution in [0.4, 0.5) is 0 Å². The molecule has 0 aromatic heterocycles. The Morgan fingerprint density at radius 3 is 0.772 bits per heavy atom. The average Bonchev–Trinajstić information content (AvgIpc) is 3.45. The highest BCUT2D eigenvalue weighted by atomic mass is 16.6. The third-order valence-corrected chi connectivity index (χ3v) is 15.2. The largest absolute Gasteiger partial charge is 0.462 e. The normalized spacial score (nSPS) is 12.5. The number of esters is 3. The quantitative estimate of drug-likeness (QED) is 0.0261.